The number of nitrogens with one attached hydrogen (secondary N) is 1. The van der Waals surface area contributed by atoms with Crippen LogP contribution < -0.4 is 14.2 Å². The lowest BCUT2D eigenvalue weighted by Crippen LogP contribution is -2.24. The molecule has 1 unspecified atom stereocenters. The van der Waals surface area contributed by atoms with Gasteiger partial charge in [0.05, 0.1) is 41.1 Å². The van der Waals surface area contributed by atoms with Crippen molar-refractivity contribution in [2.45, 2.75) is 12.5 Å². The number of nitriles is 1. The topological polar surface area (TPSA) is 158 Å². The Hall–Kier alpha value is -4.28. The Balaban J connectivity index is 1.55. The third kappa shape index (κ3) is 5.02. The number of hydrogen-bond donors (Lipinski definition) is 1. The van der Waals surface area contributed by atoms with Crippen LogP contribution in [0.15, 0.2) is 48.9 Å². The first-order chi connectivity index (χ1) is 17.9. The van der Waals surface area contributed by atoms with Gasteiger partial charge in [-0.2, -0.15) is 5.26 Å². The SMILES string of the molecule is COc1nccc2c1OCC(c1cccc(C#N)c1)n1c(NS(=O)(=O)CCc3ncc(Cl)cn3)nnc1-2. The fourth-order valence-electron chi connectivity index (χ4n) is 3.91. The molecule has 0 spiro atoms. The number of anilines is 1. The van der Waals surface area contributed by atoms with E-state index in [1.807, 2.05) is 6.07 Å². The van der Waals surface area contributed by atoms with Crippen LogP contribution in [0.2, 0.25) is 5.02 Å². The highest BCUT2D eigenvalue weighted by atomic mass is 35.5. The van der Waals surface area contributed by atoms with Crippen LogP contribution in [0.5, 0.6) is 11.6 Å². The maximum Gasteiger partial charge on any atom is 0.257 e. The summed E-state index contributed by atoms with van der Waals surface area (Å²) in [6, 6.07) is 10.2. The summed E-state index contributed by atoms with van der Waals surface area (Å²) >= 11 is 5.80. The van der Waals surface area contributed by atoms with Gasteiger partial charge in [0.2, 0.25) is 16.0 Å². The number of hydrogen-bond acceptors (Lipinski definition) is 10. The van der Waals surface area contributed by atoms with Gasteiger partial charge in [-0.15, -0.1) is 10.2 Å². The molecule has 4 aromatic rings. The van der Waals surface area contributed by atoms with E-state index >= 15 is 0 Å². The molecule has 0 aliphatic carbocycles. The maximum absolute atomic E-state index is 13.0. The summed E-state index contributed by atoms with van der Waals surface area (Å²) in [4.78, 5) is 12.3. The second-order valence-electron chi connectivity index (χ2n) is 7.97. The molecule has 37 heavy (non-hydrogen) atoms. The van der Waals surface area contributed by atoms with E-state index < -0.39 is 16.1 Å². The molecule has 4 heterocycles. The number of halogens is 1. The van der Waals surface area contributed by atoms with Crippen LogP contribution in [0.25, 0.3) is 11.4 Å². The molecule has 1 aliphatic heterocycles. The normalized spacial score (nSPS) is 14.5. The molecule has 1 N–H and O–H groups in total. The minimum Gasteiger partial charge on any atom is -0.485 e. The molecule has 188 valence electrons. The van der Waals surface area contributed by atoms with Gasteiger partial charge in [0, 0.05) is 25.0 Å². The van der Waals surface area contributed by atoms with Crippen LogP contribution in [-0.2, 0) is 16.4 Å². The predicted molar refractivity (Wildman–Crippen MR) is 133 cm³/mol. The van der Waals surface area contributed by atoms with Crippen LogP contribution in [0.1, 0.15) is 23.0 Å². The van der Waals surface area contributed by atoms with Gasteiger partial charge >= 0.3 is 0 Å². The fraction of sp³-hybridized carbons (Fsp3) is 0.217. The number of benzene rings is 1. The van der Waals surface area contributed by atoms with Crippen molar-refractivity contribution < 1.29 is 17.9 Å². The van der Waals surface area contributed by atoms with Crippen LogP contribution in [0, 0.1) is 11.3 Å². The lowest BCUT2D eigenvalue weighted by atomic mass is 10.0. The summed E-state index contributed by atoms with van der Waals surface area (Å²) < 4.78 is 41.7. The van der Waals surface area contributed by atoms with Crippen molar-refractivity contribution in [2.75, 3.05) is 24.2 Å². The number of aryl methyl sites for hydroxylation is 1. The Kier molecular flexibility index (Phi) is 6.60. The monoisotopic (exact) mass is 538 g/mol. The van der Waals surface area contributed by atoms with Gasteiger partial charge in [0.25, 0.3) is 5.88 Å². The van der Waals surface area contributed by atoms with Crippen molar-refractivity contribution in [1.82, 2.24) is 29.7 Å². The van der Waals surface area contributed by atoms with Gasteiger partial charge in [-0.3, -0.25) is 9.29 Å². The van der Waals surface area contributed by atoms with E-state index in [-0.39, 0.29) is 30.6 Å². The Morgan fingerprint density at radius 1 is 1.24 bits per heavy atom. The minimum absolute atomic E-state index is 0.00776. The number of ether oxygens (including phenoxy) is 2. The van der Waals surface area contributed by atoms with E-state index in [4.69, 9.17) is 21.1 Å². The zero-order chi connectivity index (χ0) is 26.0. The molecule has 14 heteroatoms. The summed E-state index contributed by atoms with van der Waals surface area (Å²) in [6.07, 6.45) is 4.41. The first-order valence-corrected chi connectivity index (χ1v) is 13.0. The lowest BCUT2D eigenvalue weighted by molar-refractivity contribution is 0.263. The number of aromatic nitrogens is 6. The Morgan fingerprint density at radius 3 is 2.81 bits per heavy atom. The molecule has 3 aromatic heterocycles. The molecule has 0 radical (unpaired) electrons. The Labute approximate surface area is 217 Å². The lowest BCUT2D eigenvalue weighted by Gasteiger charge is -2.20. The van der Waals surface area contributed by atoms with Gasteiger partial charge in [0.1, 0.15) is 12.4 Å². The number of sulfonamides is 1. The average molecular weight is 539 g/mol. The van der Waals surface area contributed by atoms with E-state index in [2.05, 4.69) is 35.9 Å². The van der Waals surface area contributed by atoms with Gasteiger partial charge in [-0.1, -0.05) is 23.7 Å². The Bertz CT molecular complexity index is 1600. The van der Waals surface area contributed by atoms with Crippen molar-refractivity contribution in [2.24, 2.45) is 0 Å². The van der Waals surface area contributed by atoms with E-state index in [1.165, 1.54) is 25.7 Å². The predicted octanol–water partition coefficient (Wildman–Crippen LogP) is 2.63. The number of pyridine rings is 1. The third-order valence-corrected chi connectivity index (χ3v) is 7.04. The van der Waals surface area contributed by atoms with E-state index in [9.17, 15) is 13.7 Å². The summed E-state index contributed by atoms with van der Waals surface area (Å²) in [7, 11) is -2.41. The summed E-state index contributed by atoms with van der Waals surface area (Å²) in [5.41, 5.74) is 1.67. The fourth-order valence-corrected chi connectivity index (χ4v) is 4.98. The molecule has 5 rings (SSSR count). The van der Waals surface area contributed by atoms with Crippen LogP contribution >= 0.6 is 11.6 Å². The van der Waals surface area contributed by atoms with Crippen molar-refractivity contribution in [1.29, 1.82) is 5.26 Å². The number of fused-ring (bicyclic) bond motifs is 3. The summed E-state index contributed by atoms with van der Waals surface area (Å²) in [5, 5.41) is 18.2. The molecule has 12 nitrogen and oxygen atoms in total. The first-order valence-electron chi connectivity index (χ1n) is 11.0. The molecule has 0 saturated carbocycles. The van der Waals surface area contributed by atoms with Gasteiger partial charge < -0.3 is 9.47 Å². The minimum atomic E-state index is -3.88. The number of nitrogens with zero attached hydrogens (tertiary/aromatic N) is 7. The van der Waals surface area contributed by atoms with Crippen molar-refractivity contribution >= 4 is 27.6 Å². The van der Waals surface area contributed by atoms with Crippen molar-refractivity contribution in [3.63, 3.8) is 0 Å². The molecule has 0 saturated heterocycles. The zero-order valence-electron chi connectivity index (χ0n) is 19.4. The summed E-state index contributed by atoms with van der Waals surface area (Å²) in [6.45, 7) is 0.0717. The highest BCUT2D eigenvalue weighted by Gasteiger charge is 2.32. The van der Waals surface area contributed by atoms with Crippen molar-refractivity contribution in [3.05, 3.63) is 70.9 Å². The van der Waals surface area contributed by atoms with E-state index in [1.54, 1.807) is 28.8 Å². The third-order valence-electron chi connectivity index (χ3n) is 5.61. The second kappa shape index (κ2) is 10.00. The van der Waals surface area contributed by atoms with Crippen LogP contribution in [0.3, 0.4) is 0 Å². The van der Waals surface area contributed by atoms with Crippen LogP contribution in [0.4, 0.5) is 5.95 Å². The van der Waals surface area contributed by atoms with E-state index in [0.717, 1.165) is 0 Å². The van der Waals surface area contributed by atoms with Gasteiger partial charge in [0.15, 0.2) is 11.6 Å². The standard InChI is InChI=1S/C23H19ClN8O4S/c1-35-22-20-17(5-7-26-22)21-29-30-23(31-37(33,34)8-6-19-27-11-16(24)12-28-19)32(21)18(13-36-20)15-4-2-3-14(9-15)10-25/h2-5,7,9,11-12,18H,6,8,13H2,1H3,(H,30,31). The van der Waals surface area contributed by atoms with Crippen molar-refractivity contribution in [3.8, 4) is 29.1 Å². The Morgan fingerprint density at radius 2 is 2.05 bits per heavy atom. The summed E-state index contributed by atoms with van der Waals surface area (Å²) in [5.74, 6) is 0.986. The highest BCUT2D eigenvalue weighted by Crippen LogP contribution is 2.42. The highest BCUT2D eigenvalue weighted by molar-refractivity contribution is 7.92. The maximum atomic E-state index is 13.0. The zero-order valence-corrected chi connectivity index (χ0v) is 20.9. The molecule has 1 aliphatic rings. The van der Waals surface area contributed by atoms with E-state index in [0.29, 0.717) is 39.1 Å². The number of rotatable bonds is 7. The molecule has 0 amide bonds. The molecular formula is C23H19ClN8O4S. The average Bonchev–Trinajstić information content (AvgIpc) is 3.22. The van der Waals surface area contributed by atoms with Gasteiger partial charge in [-0.25, -0.2) is 23.4 Å². The molecular weight excluding hydrogens is 520 g/mol. The number of methoxy groups -OCH3 is 1. The first kappa shape index (κ1) is 24.4. The molecule has 0 bridgehead atoms. The molecule has 1 atom stereocenters. The molecule has 0 fully saturated rings. The van der Waals surface area contributed by atoms with Crippen LogP contribution in [-0.4, -0.2) is 57.6 Å². The molecule has 1 aromatic carbocycles. The smallest absolute Gasteiger partial charge is 0.257 e. The quantitative estimate of drug-likeness (QED) is 0.370. The second-order valence-corrected chi connectivity index (χ2v) is 10.2. The largest absolute Gasteiger partial charge is 0.485 e. The van der Waals surface area contributed by atoms with Gasteiger partial charge in [-0.05, 0) is 23.8 Å².